The van der Waals surface area contributed by atoms with Gasteiger partial charge in [-0.15, -0.1) is 0 Å². The standard InChI is InChI=1S/C22H23FN4OS/c1-15-12-18(27-10-2-3-11-27)8-9-19(15)25-21(28)14-29-22-24-13-20(26-22)16-4-6-17(23)7-5-16/h4-9,12-13H,2-3,10-11,14H2,1H3,(H,24,26)(H,25,28). The molecule has 0 radical (unpaired) electrons. The van der Waals surface area contributed by atoms with Gasteiger partial charge in [-0.1, -0.05) is 11.8 Å². The molecule has 1 fully saturated rings. The van der Waals surface area contributed by atoms with Crippen molar-refractivity contribution < 1.29 is 9.18 Å². The van der Waals surface area contributed by atoms with Crippen LogP contribution in [0.1, 0.15) is 18.4 Å². The van der Waals surface area contributed by atoms with Gasteiger partial charge in [0.1, 0.15) is 5.82 Å². The fraction of sp³-hybridized carbons (Fsp3) is 0.273. The summed E-state index contributed by atoms with van der Waals surface area (Å²) in [6, 6.07) is 12.4. The van der Waals surface area contributed by atoms with E-state index in [1.165, 1.54) is 42.4 Å². The summed E-state index contributed by atoms with van der Waals surface area (Å²) in [7, 11) is 0. The Kier molecular flexibility index (Phi) is 5.85. The van der Waals surface area contributed by atoms with Gasteiger partial charge in [-0.3, -0.25) is 4.79 Å². The van der Waals surface area contributed by atoms with Gasteiger partial charge in [0.2, 0.25) is 5.91 Å². The molecule has 0 spiro atoms. The third-order valence-electron chi connectivity index (χ3n) is 5.00. The Bertz CT molecular complexity index is 996. The minimum Gasteiger partial charge on any atom is -0.372 e. The Balaban J connectivity index is 1.33. The highest BCUT2D eigenvalue weighted by molar-refractivity contribution is 7.99. The van der Waals surface area contributed by atoms with Crippen molar-refractivity contribution in [1.29, 1.82) is 0 Å². The van der Waals surface area contributed by atoms with Crippen LogP contribution in [0, 0.1) is 12.7 Å². The largest absolute Gasteiger partial charge is 0.372 e. The normalized spacial score (nSPS) is 13.7. The van der Waals surface area contributed by atoms with Crippen molar-refractivity contribution in [2.24, 2.45) is 0 Å². The molecule has 2 N–H and O–H groups in total. The number of carbonyl (C=O) groups excluding carboxylic acids is 1. The van der Waals surface area contributed by atoms with Crippen LogP contribution in [0.2, 0.25) is 0 Å². The lowest BCUT2D eigenvalue weighted by Gasteiger charge is -2.19. The lowest BCUT2D eigenvalue weighted by molar-refractivity contribution is -0.113. The molecule has 0 bridgehead atoms. The number of thioether (sulfide) groups is 1. The average Bonchev–Trinajstić information content (AvgIpc) is 3.41. The second-order valence-corrected chi connectivity index (χ2v) is 8.10. The zero-order chi connectivity index (χ0) is 20.2. The summed E-state index contributed by atoms with van der Waals surface area (Å²) in [5, 5.41) is 3.63. The molecule has 0 atom stereocenters. The fourth-order valence-corrected chi connectivity index (χ4v) is 4.08. The van der Waals surface area contributed by atoms with Gasteiger partial charge in [0.15, 0.2) is 5.16 Å². The molecule has 0 saturated carbocycles. The SMILES string of the molecule is Cc1cc(N2CCCC2)ccc1NC(=O)CSc1ncc(-c2ccc(F)cc2)[nH]1. The number of aryl methyl sites for hydroxylation is 1. The van der Waals surface area contributed by atoms with Gasteiger partial charge >= 0.3 is 0 Å². The summed E-state index contributed by atoms with van der Waals surface area (Å²) in [6.07, 6.45) is 4.17. The highest BCUT2D eigenvalue weighted by Crippen LogP contribution is 2.26. The predicted octanol–water partition coefficient (Wildman–Crippen LogP) is 4.86. The van der Waals surface area contributed by atoms with Gasteiger partial charge in [-0.05, 0) is 73.4 Å². The number of hydrogen-bond acceptors (Lipinski definition) is 4. The van der Waals surface area contributed by atoms with Gasteiger partial charge < -0.3 is 15.2 Å². The Morgan fingerprint density at radius 1 is 1.21 bits per heavy atom. The summed E-state index contributed by atoms with van der Waals surface area (Å²) in [4.78, 5) is 22.2. The van der Waals surface area contributed by atoms with Crippen LogP contribution in [0.5, 0.6) is 0 Å². The molecule has 1 saturated heterocycles. The van der Waals surface area contributed by atoms with E-state index >= 15 is 0 Å². The quantitative estimate of drug-likeness (QED) is 0.570. The van der Waals surface area contributed by atoms with Crippen LogP contribution >= 0.6 is 11.8 Å². The highest BCUT2D eigenvalue weighted by atomic mass is 32.2. The number of carbonyl (C=O) groups is 1. The first-order valence-corrected chi connectivity index (χ1v) is 10.7. The number of benzene rings is 2. The topological polar surface area (TPSA) is 61.0 Å². The van der Waals surface area contributed by atoms with Crippen molar-refractivity contribution in [2.75, 3.05) is 29.1 Å². The molecule has 0 aliphatic carbocycles. The lowest BCUT2D eigenvalue weighted by Crippen LogP contribution is -2.18. The number of imidazole rings is 1. The van der Waals surface area contributed by atoms with E-state index in [4.69, 9.17) is 0 Å². The van der Waals surface area contributed by atoms with Crippen molar-refractivity contribution in [3.8, 4) is 11.3 Å². The zero-order valence-electron chi connectivity index (χ0n) is 16.2. The van der Waals surface area contributed by atoms with Crippen molar-refractivity contribution in [3.05, 3.63) is 60.0 Å². The molecule has 1 aliphatic rings. The molecular weight excluding hydrogens is 387 g/mol. The molecule has 7 heteroatoms. The van der Waals surface area contributed by atoms with Gasteiger partial charge in [0.25, 0.3) is 0 Å². The van der Waals surface area contributed by atoms with Crippen LogP contribution < -0.4 is 10.2 Å². The number of halogens is 1. The summed E-state index contributed by atoms with van der Waals surface area (Å²) in [5.74, 6) is -0.0982. The Morgan fingerprint density at radius 2 is 1.97 bits per heavy atom. The van der Waals surface area contributed by atoms with E-state index in [0.29, 0.717) is 5.16 Å². The predicted molar refractivity (Wildman–Crippen MR) is 116 cm³/mol. The third-order valence-corrected chi connectivity index (χ3v) is 5.89. The first-order valence-electron chi connectivity index (χ1n) is 9.68. The Hall–Kier alpha value is -2.80. The average molecular weight is 411 g/mol. The van der Waals surface area contributed by atoms with Crippen LogP contribution in [0.25, 0.3) is 11.3 Å². The zero-order valence-corrected chi connectivity index (χ0v) is 17.1. The molecule has 5 nitrogen and oxygen atoms in total. The first-order chi connectivity index (χ1) is 14.1. The number of anilines is 2. The molecule has 2 aromatic carbocycles. The van der Waals surface area contributed by atoms with E-state index in [-0.39, 0.29) is 17.5 Å². The number of amides is 1. The summed E-state index contributed by atoms with van der Waals surface area (Å²) >= 11 is 1.33. The van der Waals surface area contributed by atoms with Gasteiger partial charge in [0.05, 0.1) is 17.6 Å². The molecular formula is C22H23FN4OS. The summed E-state index contributed by atoms with van der Waals surface area (Å²) in [5.41, 5.74) is 4.76. The van der Waals surface area contributed by atoms with Gasteiger partial charge in [-0.25, -0.2) is 9.37 Å². The summed E-state index contributed by atoms with van der Waals surface area (Å²) in [6.45, 7) is 4.22. The maximum absolute atomic E-state index is 13.0. The lowest BCUT2D eigenvalue weighted by atomic mass is 10.1. The third kappa shape index (κ3) is 4.79. The number of H-pyrrole nitrogens is 1. The fourth-order valence-electron chi connectivity index (χ4n) is 3.43. The number of nitrogens with zero attached hydrogens (tertiary/aromatic N) is 2. The van der Waals surface area contributed by atoms with Gasteiger partial charge in [0, 0.05) is 24.5 Å². The smallest absolute Gasteiger partial charge is 0.234 e. The Labute approximate surface area is 173 Å². The minimum absolute atomic E-state index is 0.0771. The van der Waals surface area contributed by atoms with E-state index in [1.54, 1.807) is 18.3 Å². The number of aromatic amines is 1. The van der Waals surface area contributed by atoms with E-state index in [2.05, 4.69) is 32.3 Å². The minimum atomic E-state index is -0.275. The van der Waals surface area contributed by atoms with Crippen molar-refractivity contribution in [2.45, 2.75) is 24.9 Å². The second-order valence-electron chi connectivity index (χ2n) is 7.14. The number of aromatic nitrogens is 2. The van der Waals surface area contributed by atoms with E-state index < -0.39 is 0 Å². The molecule has 1 aromatic heterocycles. The van der Waals surface area contributed by atoms with Gasteiger partial charge in [-0.2, -0.15) is 0 Å². The van der Waals surface area contributed by atoms with E-state index in [1.807, 2.05) is 13.0 Å². The van der Waals surface area contributed by atoms with Crippen molar-refractivity contribution in [3.63, 3.8) is 0 Å². The molecule has 3 aromatic rings. The van der Waals surface area contributed by atoms with Crippen LogP contribution in [-0.2, 0) is 4.79 Å². The van der Waals surface area contributed by atoms with Crippen LogP contribution in [-0.4, -0.2) is 34.7 Å². The van der Waals surface area contributed by atoms with Crippen molar-refractivity contribution >= 4 is 29.0 Å². The van der Waals surface area contributed by atoms with E-state index in [0.717, 1.165) is 35.6 Å². The summed E-state index contributed by atoms with van der Waals surface area (Å²) < 4.78 is 13.0. The molecule has 1 amide bonds. The maximum Gasteiger partial charge on any atom is 0.234 e. The number of rotatable bonds is 6. The monoisotopic (exact) mass is 410 g/mol. The van der Waals surface area contributed by atoms with Crippen LogP contribution in [0.4, 0.5) is 15.8 Å². The molecule has 1 aliphatic heterocycles. The first kappa shape index (κ1) is 19.5. The maximum atomic E-state index is 13.0. The molecule has 150 valence electrons. The van der Waals surface area contributed by atoms with E-state index in [9.17, 15) is 9.18 Å². The molecule has 4 rings (SSSR count). The molecule has 2 heterocycles. The molecule has 29 heavy (non-hydrogen) atoms. The highest BCUT2D eigenvalue weighted by Gasteiger charge is 2.14. The molecule has 0 unspecified atom stereocenters. The van der Waals surface area contributed by atoms with Crippen LogP contribution in [0.15, 0.2) is 53.8 Å². The van der Waals surface area contributed by atoms with Crippen molar-refractivity contribution in [1.82, 2.24) is 9.97 Å². The number of nitrogens with one attached hydrogen (secondary N) is 2. The Morgan fingerprint density at radius 3 is 2.69 bits per heavy atom. The second kappa shape index (κ2) is 8.69. The van der Waals surface area contributed by atoms with Crippen LogP contribution in [0.3, 0.4) is 0 Å². The number of hydrogen-bond donors (Lipinski definition) is 2.